The van der Waals surface area contributed by atoms with Crippen molar-refractivity contribution >= 4 is 11.1 Å². The summed E-state index contributed by atoms with van der Waals surface area (Å²) in [6, 6.07) is 3.85. The van der Waals surface area contributed by atoms with Gasteiger partial charge in [-0.25, -0.2) is 4.98 Å². The second kappa shape index (κ2) is 6.49. The van der Waals surface area contributed by atoms with Gasteiger partial charge in [-0.1, -0.05) is 0 Å². The van der Waals surface area contributed by atoms with E-state index in [1.54, 1.807) is 0 Å². The van der Waals surface area contributed by atoms with Crippen LogP contribution in [0.3, 0.4) is 0 Å². The normalized spacial score (nSPS) is 15.7. The van der Waals surface area contributed by atoms with Crippen molar-refractivity contribution in [1.29, 1.82) is 0 Å². The van der Waals surface area contributed by atoms with Crippen LogP contribution < -0.4 is 0 Å². The van der Waals surface area contributed by atoms with Gasteiger partial charge in [-0.05, 0) is 50.4 Å². The zero-order chi connectivity index (χ0) is 16.4. The van der Waals surface area contributed by atoms with Gasteiger partial charge in [-0.15, -0.1) is 0 Å². The molecule has 1 aliphatic carbocycles. The lowest BCUT2D eigenvalue weighted by Crippen LogP contribution is -2.27. The van der Waals surface area contributed by atoms with E-state index in [0.29, 0.717) is 24.1 Å². The Morgan fingerprint density at radius 1 is 1.26 bits per heavy atom. The van der Waals surface area contributed by atoms with E-state index in [1.807, 2.05) is 0 Å². The number of fused-ring (bicyclic) bond motifs is 1. The largest absolute Gasteiger partial charge is 0.439 e. The molecule has 1 heterocycles. The Hall–Kier alpha value is -1.60. The molecule has 1 N–H and O–H groups in total. The van der Waals surface area contributed by atoms with Crippen LogP contribution in [-0.2, 0) is 12.7 Å². The topological polar surface area (TPSA) is 49.5 Å². The molecule has 1 fully saturated rings. The third-order valence-corrected chi connectivity index (χ3v) is 4.01. The minimum Gasteiger partial charge on any atom is -0.439 e. The average molecular weight is 328 g/mol. The molecule has 0 spiro atoms. The number of aliphatic hydroxyl groups excluding tert-OH is 1. The van der Waals surface area contributed by atoms with Crippen LogP contribution in [0.25, 0.3) is 11.1 Å². The Bertz CT molecular complexity index is 665. The number of hydrogen-bond donors (Lipinski definition) is 1. The smallest absolute Gasteiger partial charge is 0.416 e. The zero-order valence-electron chi connectivity index (χ0n) is 12.6. The average Bonchev–Trinajstić information content (AvgIpc) is 3.25. The Morgan fingerprint density at radius 2 is 2.04 bits per heavy atom. The van der Waals surface area contributed by atoms with E-state index in [0.717, 1.165) is 44.4 Å². The van der Waals surface area contributed by atoms with Crippen LogP contribution in [0.2, 0.25) is 0 Å². The minimum atomic E-state index is -4.38. The Kier molecular flexibility index (Phi) is 4.59. The lowest BCUT2D eigenvalue weighted by Gasteiger charge is -2.19. The molecule has 0 amide bonds. The first-order valence-corrected chi connectivity index (χ1v) is 7.79. The quantitative estimate of drug-likeness (QED) is 0.789. The summed E-state index contributed by atoms with van der Waals surface area (Å²) in [6.45, 7) is 1.49. The highest BCUT2D eigenvalue weighted by atomic mass is 19.4. The van der Waals surface area contributed by atoms with Crippen LogP contribution >= 0.6 is 0 Å². The van der Waals surface area contributed by atoms with Gasteiger partial charge in [0.1, 0.15) is 5.52 Å². The number of halogens is 3. The van der Waals surface area contributed by atoms with Gasteiger partial charge < -0.3 is 9.52 Å². The maximum Gasteiger partial charge on any atom is 0.416 e. The van der Waals surface area contributed by atoms with Gasteiger partial charge >= 0.3 is 6.18 Å². The maximum atomic E-state index is 12.7. The molecule has 4 nitrogen and oxygen atoms in total. The summed E-state index contributed by atoms with van der Waals surface area (Å²) in [5, 5.41) is 8.87. The predicted molar refractivity (Wildman–Crippen MR) is 78.8 cm³/mol. The number of oxazole rings is 1. The molecule has 0 atom stereocenters. The lowest BCUT2D eigenvalue weighted by atomic mass is 10.2. The first kappa shape index (κ1) is 16.3. The molecule has 0 saturated heterocycles. The minimum absolute atomic E-state index is 0.168. The first-order valence-electron chi connectivity index (χ1n) is 7.79. The highest BCUT2D eigenvalue weighted by Crippen LogP contribution is 2.32. The van der Waals surface area contributed by atoms with Crippen LogP contribution in [0.15, 0.2) is 22.6 Å². The third-order valence-electron chi connectivity index (χ3n) is 4.01. The summed E-state index contributed by atoms with van der Waals surface area (Å²) >= 11 is 0. The Morgan fingerprint density at radius 3 is 2.70 bits per heavy atom. The number of hydrogen-bond acceptors (Lipinski definition) is 4. The molecule has 0 radical (unpaired) electrons. The van der Waals surface area contributed by atoms with Gasteiger partial charge in [-0.2, -0.15) is 13.2 Å². The van der Waals surface area contributed by atoms with Crippen LogP contribution in [0, 0.1) is 0 Å². The van der Waals surface area contributed by atoms with Crippen molar-refractivity contribution in [3.63, 3.8) is 0 Å². The van der Waals surface area contributed by atoms with Gasteiger partial charge in [0.15, 0.2) is 5.58 Å². The SMILES string of the molecule is OCCCCN(Cc1nc2cc(C(F)(F)F)ccc2o1)C1CC1. The second-order valence-electron chi connectivity index (χ2n) is 5.92. The fraction of sp³-hybridized carbons (Fsp3) is 0.562. The van der Waals surface area contributed by atoms with E-state index in [9.17, 15) is 13.2 Å². The highest BCUT2D eigenvalue weighted by Gasteiger charge is 2.32. The van der Waals surface area contributed by atoms with Crippen molar-refractivity contribution in [2.24, 2.45) is 0 Å². The summed E-state index contributed by atoms with van der Waals surface area (Å²) in [6.07, 6.45) is -0.510. The van der Waals surface area contributed by atoms with Crippen LogP contribution in [-0.4, -0.2) is 34.2 Å². The molecular formula is C16H19F3N2O2. The van der Waals surface area contributed by atoms with Crippen LogP contribution in [0.1, 0.15) is 37.1 Å². The lowest BCUT2D eigenvalue weighted by molar-refractivity contribution is -0.137. The number of nitrogens with zero attached hydrogens (tertiary/aromatic N) is 2. The molecule has 2 aromatic rings. The van der Waals surface area contributed by atoms with Crippen molar-refractivity contribution in [1.82, 2.24) is 9.88 Å². The second-order valence-corrected chi connectivity index (χ2v) is 5.92. The number of benzene rings is 1. The van der Waals surface area contributed by atoms with E-state index in [2.05, 4.69) is 9.88 Å². The number of rotatable bonds is 7. The van der Waals surface area contributed by atoms with E-state index >= 15 is 0 Å². The van der Waals surface area contributed by atoms with E-state index < -0.39 is 11.7 Å². The molecule has 0 aliphatic heterocycles. The van der Waals surface area contributed by atoms with Crippen molar-refractivity contribution in [3.05, 3.63) is 29.7 Å². The van der Waals surface area contributed by atoms with Crippen LogP contribution in [0.4, 0.5) is 13.2 Å². The molecule has 23 heavy (non-hydrogen) atoms. The number of aliphatic hydroxyl groups is 1. The molecule has 126 valence electrons. The van der Waals surface area contributed by atoms with E-state index in [1.165, 1.54) is 6.07 Å². The standard InChI is InChI=1S/C16H19F3N2O2/c17-16(18,19)11-3-6-14-13(9-11)20-15(23-14)10-21(12-4-5-12)7-1-2-8-22/h3,6,9,12,22H,1-2,4-5,7-8,10H2. The fourth-order valence-electron chi connectivity index (χ4n) is 2.65. The van der Waals surface area contributed by atoms with Gasteiger partial charge in [-0.3, -0.25) is 4.90 Å². The Balaban J connectivity index is 1.74. The third kappa shape index (κ3) is 4.03. The van der Waals surface area contributed by atoms with Crippen molar-refractivity contribution in [2.45, 2.75) is 44.4 Å². The number of alkyl halides is 3. The van der Waals surface area contributed by atoms with Gasteiger partial charge in [0.05, 0.1) is 12.1 Å². The summed E-state index contributed by atoms with van der Waals surface area (Å²) in [5.74, 6) is 0.440. The highest BCUT2D eigenvalue weighted by molar-refractivity contribution is 5.73. The van der Waals surface area contributed by atoms with Gasteiger partial charge in [0, 0.05) is 12.6 Å². The molecule has 1 saturated carbocycles. The molecule has 7 heteroatoms. The number of aromatic nitrogens is 1. The molecule has 3 rings (SSSR count). The zero-order valence-corrected chi connectivity index (χ0v) is 12.6. The summed E-state index contributed by atoms with van der Waals surface area (Å²) in [4.78, 5) is 6.43. The molecular weight excluding hydrogens is 309 g/mol. The van der Waals surface area contributed by atoms with Crippen molar-refractivity contribution in [2.75, 3.05) is 13.2 Å². The number of unbranched alkanes of at least 4 members (excludes halogenated alkanes) is 1. The summed E-state index contributed by atoms with van der Waals surface area (Å²) in [5.41, 5.74) is -0.105. The monoisotopic (exact) mass is 328 g/mol. The Labute approximate surface area is 131 Å². The van der Waals surface area contributed by atoms with Crippen LogP contribution in [0.5, 0.6) is 0 Å². The molecule has 1 aliphatic rings. The van der Waals surface area contributed by atoms with Gasteiger partial charge in [0.25, 0.3) is 0 Å². The molecule has 0 bridgehead atoms. The molecule has 0 unspecified atom stereocenters. The summed E-state index contributed by atoms with van der Waals surface area (Å²) in [7, 11) is 0. The van der Waals surface area contributed by atoms with E-state index in [4.69, 9.17) is 9.52 Å². The fourth-order valence-corrected chi connectivity index (χ4v) is 2.65. The maximum absolute atomic E-state index is 12.7. The van der Waals surface area contributed by atoms with Crippen molar-refractivity contribution in [3.8, 4) is 0 Å². The van der Waals surface area contributed by atoms with E-state index in [-0.39, 0.29) is 12.1 Å². The summed E-state index contributed by atoms with van der Waals surface area (Å²) < 4.78 is 43.8. The predicted octanol–water partition coefficient (Wildman–Crippen LogP) is 3.58. The molecule has 1 aromatic heterocycles. The first-order chi connectivity index (χ1) is 11.0. The molecule has 1 aromatic carbocycles. The van der Waals surface area contributed by atoms with Crippen molar-refractivity contribution < 1.29 is 22.7 Å². The van der Waals surface area contributed by atoms with Gasteiger partial charge in [0.2, 0.25) is 5.89 Å².